The van der Waals surface area contributed by atoms with Crippen LogP contribution in [0.5, 0.6) is 0 Å². The molecule has 0 aliphatic heterocycles. The highest BCUT2D eigenvalue weighted by molar-refractivity contribution is 4.80. The molecule has 15 heavy (non-hydrogen) atoms. The fraction of sp³-hybridized carbons (Fsp3) is 0.857. The summed E-state index contributed by atoms with van der Waals surface area (Å²) in [6, 6.07) is 0.638. The van der Waals surface area contributed by atoms with E-state index in [1.807, 2.05) is 0 Å². The van der Waals surface area contributed by atoms with Crippen LogP contribution in [0.2, 0.25) is 0 Å². The topological polar surface area (TPSA) is 12.0 Å². The second kappa shape index (κ2) is 7.05. The summed E-state index contributed by atoms with van der Waals surface area (Å²) in [4.78, 5) is 0. The van der Waals surface area contributed by atoms with E-state index in [1.54, 1.807) is 0 Å². The summed E-state index contributed by atoms with van der Waals surface area (Å²) < 4.78 is 0. The highest BCUT2D eigenvalue weighted by atomic mass is 14.9. The van der Waals surface area contributed by atoms with Gasteiger partial charge in [0.2, 0.25) is 0 Å². The standard InChI is InChI=1S/C14H27N/c1-4-5-6-8-13-9-7-10-14(13)11-15-12(2)3/h4,12-15H,1,5-11H2,2-3H3. The molecule has 0 aromatic carbocycles. The largest absolute Gasteiger partial charge is 0.314 e. The Hall–Kier alpha value is -0.300. The van der Waals surface area contributed by atoms with Crippen molar-refractivity contribution in [3.05, 3.63) is 12.7 Å². The van der Waals surface area contributed by atoms with E-state index in [4.69, 9.17) is 0 Å². The number of rotatable bonds is 7. The van der Waals surface area contributed by atoms with Crippen molar-refractivity contribution in [3.8, 4) is 0 Å². The lowest BCUT2D eigenvalue weighted by Crippen LogP contribution is -2.30. The third-order valence-corrected chi connectivity index (χ3v) is 3.59. The van der Waals surface area contributed by atoms with Crippen molar-refractivity contribution in [1.29, 1.82) is 0 Å². The molecule has 2 unspecified atom stereocenters. The van der Waals surface area contributed by atoms with Crippen molar-refractivity contribution in [3.63, 3.8) is 0 Å². The molecule has 88 valence electrons. The van der Waals surface area contributed by atoms with Crippen LogP contribution in [0.3, 0.4) is 0 Å². The fourth-order valence-corrected chi connectivity index (χ4v) is 2.67. The van der Waals surface area contributed by atoms with E-state index >= 15 is 0 Å². The van der Waals surface area contributed by atoms with Crippen LogP contribution in [0.1, 0.15) is 52.4 Å². The lowest BCUT2D eigenvalue weighted by Gasteiger charge is -2.21. The molecule has 0 spiro atoms. The van der Waals surface area contributed by atoms with Crippen LogP contribution >= 0.6 is 0 Å². The summed E-state index contributed by atoms with van der Waals surface area (Å²) in [6.45, 7) is 9.50. The molecule has 1 nitrogen and oxygen atoms in total. The zero-order valence-corrected chi connectivity index (χ0v) is 10.5. The van der Waals surface area contributed by atoms with Crippen LogP contribution in [0, 0.1) is 11.8 Å². The van der Waals surface area contributed by atoms with Crippen molar-refractivity contribution in [2.45, 2.75) is 58.4 Å². The van der Waals surface area contributed by atoms with Gasteiger partial charge in [0.05, 0.1) is 0 Å². The number of unbranched alkanes of at least 4 members (excludes halogenated alkanes) is 1. The molecule has 0 saturated heterocycles. The number of nitrogens with one attached hydrogen (secondary N) is 1. The molecule has 0 bridgehead atoms. The van der Waals surface area contributed by atoms with Crippen LogP contribution in [0.4, 0.5) is 0 Å². The summed E-state index contributed by atoms with van der Waals surface area (Å²) in [6.07, 6.45) is 10.4. The SMILES string of the molecule is C=CCCCC1CCCC1CNC(C)C. The Labute approximate surface area is 95.3 Å². The maximum Gasteiger partial charge on any atom is 0.00104 e. The summed E-state index contributed by atoms with van der Waals surface area (Å²) in [5, 5.41) is 3.59. The summed E-state index contributed by atoms with van der Waals surface area (Å²) in [5.74, 6) is 1.92. The Bertz CT molecular complexity index is 174. The molecule has 1 heteroatoms. The maximum absolute atomic E-state index is 3.79. The predicted octanol–water partition coefficient (Wildman–Crippen LogP) is 3.76. The van der Waals surface area contributed by atoms with E-state index in [-0.39, 0.29) is 0 Å². The third kappa shape index (κ3) is 4.83. The molecule has 0 aromatic rings. The predicted molar refractivity (Wildman–Crippen MR) is 68.0 cm³/mol. The smallest absolute Gasteiger partial charge is 0.00104 e. The van der Waals surface area contributed by atoms with Gasteiger partial charge in [0, 0.05) is 6.04 Å². The molecule has 1 N–H and O–H groups in total. The van der Waals surface area contributed by atoms with Crippen molar-refractivity contribution in [1.82, 2.24) is 5.32 Å². The highest BCUT2D eigenvalue weighted by Gasteiger charge is 2.26. The number of hydrogen-bond acceptors (Lipinski definition) is 1. The minimum Gasteiger partial charge on any atom is -0.314 e. The van der Waals surface area contributed by atoms with Crippen LogP contribution in [0.15, 0.2) is 12.7 Å². The first-order valence-electron chi connectivity index (χ1n) is 6.58. The Morgan fingerprint density at radius 2 is 2.07 bits per heavy atom. The van der Waals surface area contributed by atoms with Gasteiger partial charge in [-0.05, 0) is 44.1 Å². The van der Waals surface area contributed by atoms with E-state index in [0.717, 1.165) is 11.8 Å². The monoisotopic (exact) mass is 209 g/mol. The molecule has 1 saturated carbocycles. The van der Waals surface area contributed by atoms with Gasteiger partial charge in [-0.3, -0.25) is 0 Å². The lowest BCUT2D eigenvalue weighted by atomic mass is 9.91. The van der Waals surface area contributed by atoms with Crippen molar-refractivity contribution >= 4 is 0 Å². The molecule has 0 radical (unpaired) electrons. The fourth-order valence-electron chi connectivity index (χ4n) is 2.67. The van der Waals surface area contributed by atoms with Crippen molar-refractivity contribution in [2.24, 2.45) is 11.8 Å². The third-order valence-electron chi connectivity index (χ3n) is 3.59. The van der Waals surface area contributed by atoms with Gasteiger partial charge in [-0.25, -0.2) is 0 Å². The molecule has 2 atom stereocenters. The molecule has 1 aliphatic rings. The minimum atomic E-state index is 0.638. The van der Waals surface area contributed by atoms with Crippen LogP contribution in [-0.2, 0) is 0 Å². The lowest BCUT2D eigenvalue weighted by molar-refractivity contribution is 0.333. The Kier molecular flexibility index (Phi) is 6.00. The van der Waals surface area contributed by atoms with Gasteiger partial charge >= 0.3 is 0 Å². The van der Waals surface area contributed by atoms with Gasteiger partial charge < -0.3 is 5.32 Å². The van der Waals surface area contributed by atoms with Gasteiger partial charge in [-0.15, -0.1) is 6.58 Å². The van der Waals surface area contributed by atoms with Crippen molar-refractivity contribution in [2.75, 3.05) is 6.54 Å². The van der Waals surface area contributed by atoms with E-state index in [2.05, 4.69) is 31.8 Å². The number of allylic oxidation sites excluding steroid dienone is 1. The first-order valence-corrected chi connectivity index (χ1v) is 6.58. The van der Waals surface area contributed by atoms with Crippen molar-refractivity contribution < 1.29 is 0 Å². The quantitative estimate of drug-likeness (QED) is 0.497. The Morgan fingerprint density at radius 1 is 1.33 bits per heavy atom. The molecular weight excluding hydrogens is 182 g/mol. The second-order valence-electron chi connectivity index (χ2n) is 5.23. The first-order chi connectivity index (χ1) is 7.24. The zero-order chi connectivity index (χ0) is 11.1. The van der Waals surface area contributed by atoms with Gasteiger partial charge in [-0.2, -0.15) is 0 Å². The van der Waals surface area contributed by atoms with Crippen LogP contribution in [-0.4, -0.2) is 12.6 Å². The molecule has 0 heterocycles. The zero-order valence-electron chi connectivity index (χ0n) is 10.5. The summed E-state index contributed by atoms with van der Waals surface area (Å²) in [5.41, 5.74) is 0. The Morgan fingerprint density at radius 3 is 2.73 bits per heavy atom. The first kappa shape index (κ1) is 12.8. The average Bonchev–Trinajstić information content (AvgIpc) is 2.63. The number of hydrogen-bond donors (Lipinski definition) is 1. The molecule has 1 fully saturated rings. The van der Waals surface area contributed by atoms with Gasteiger partial charge in [0.1, 0.15) is 0 Å². The molecule has 0 amide bonds. The van der Waals surface area contributed by atoms with E-state index in [0.29, 0.717) is 6.04 Å². The van der Waals surface area contributed by atoms with Gasteiger partial charge in [0.15, 0.2) is 0 Å². The Balaban J connectivity index is 2.20. The summed E-state index contributed by atoms with van der Waals surface area (Å²) in [7, 11) is 0. The maximum atomic E-state index is 3.79. The highest BCUT2D eigenvalue weighted by Crippen LogP contribution is 2.34. The van der Waals surface area contributed by atoms with Gasteiger partial charge in [0.25, 0.3) is 0 Å². The molecule has 1 rings (SSSR count). The van der Waals surface area contributed by atoms with E-state index in [9.17, 15) is 0 Å². The van der Waals surface area contributed by atoms with Crippen LogP contribution < -0.4 is 5.32 Å². The van der Waals surface area contributed by atoms with E-state index in [1.165, 1.54) is 45.1 Å². The van der Waals surface area contributed by atoms with Gasteiger partial charge in [-0.1, -0.05) is 32.8 Å². The molecular formula is C14H27N. The van der Waals surface area contributed by atoms with E-state index < -0.39 is 0 Å². The molecule has 0 aromatic heterocycles. The van der Waals surface area contributed by atoms with Crippen LogP contribution in [0.25, 0.3) is 0 Å². The summed E-state index contributed by atoms with van der Waals surface area (Å²) >= 11 is 0. The average molecular weight is 209 g/mol. The molecule has 1 aliphatic carbocycles. The second-order valence-corrected chi connectivity index (χ2v) is 5.23. The normalized spacial score (nSPS) is 26.1. The minimum absolute atomic E-state index is 0.638.